The third-order valence-corrected chi connectivity index (χ3v) is 13.1. The van der Waals surface area contributed by atoms with E-state index >= 15 is 0 Å². The highest BCUT2D eigenvalue weighted by Crippen LogP contribution is 2.45. The van der Waals surface area contributed by atoms with Crippen molar-refractivity contribution in [2.45, 2.75) is 0 Å². The van der Waals surface area contributed by atoms with Crippen molar-refractivity contribution in [3.63, 3.8) is 0 Å². The minimum absolute atomic E-state index is 0.732. The van der Waals surface area contributed by atoms with Crippen molar-refractivity contribution in [1.29, 1.82) is 0 Å². The molecule has 0 aliphatic carbocycles. The van der Waals surface area contributed by atoms with E-state index in [2.05, 4.69) is 194 Å². The Bertz CT molecular complexity index is 3190. The molecule has 8 aromatic carbocycles. The third-order valence-electron chi connectivity index (χ3n) is 10.7. The minimum Gasteiger partial charge on any atom is -0.226 e. The second-order valence-corrected chi connectivity index (χ2v) is 16.2. The lowest BCUT2D eigenvalue weighted by Crippen LogP contribution is -1.94. The molecule has 0 unspecified atom stereocenters. The normalized spacial score (nSPS) is 11.6. The maximum absolute atomic E-state index is 5.44. The van der Waals surface area contributed by atoms with Gasteiger partial charge in [0.2, 0.25) is 0 Å². The molecule has 0 N–H and O–H groups in total. The summed E-state index contributed by atoms with van der Waals surface area (Å²) in [6.07, 6.45) is 0. The number of fused-ring (bicyclic) bond motifs is 6. The molecule has 3 heterocycles. The lowest BCUT2D eigenvalue weighted by atomic mass is 9.92. The van der Waals surface area contributed by atoms with E-state index in [0.29, 0.717) is 0 Å². The molecule has 0 bridgehead atoms. The molecule has 0 saturated heterocycles. The number of nitrogens with zero attached hydrogens (tertiary/aromatic N) is 2. The quantitative estimate of drug-likeness (QED) is 0.169. The van der Waals surface area contributed by atoms with Gasteiger partial charge in [-0.2, -0.15) is 0 Å². The zero-order valence-corrected chi connectivity index (χ0v) is 31.8. The predicted octanol–water partition coefficient (Wildman–Crippen LogP) is 15.2. The van der Waals surface area contributed by atoms with Gasteiger partial charge in [-0.3, -0.25) is 0 Å². The summed E-state index contributed by atoms with van der Waals surface area (Å²) in [6, 6.07) is 69.7. The highest BCUT2D eigenvalue weighted by atomic mass is 32.1. The van der Waals surface area contributed by atoms with E-state index in [1.54, 1.807) is 11.3 Å². The van der Waals surface area contributed by atoms with Crippen LogP contribution in [0.25, 0.3) is 108 Å². The van der Waals surface area contributed by atoms with Crippen molar-refractivity contribution in [1.82, 2.24) is 9.97 Å². The Balaban J connectivity index is 1.05. The molecule has 56 heavy (non-hydrogen) atoms. The number of aromatic nitrogens is 2. The molecule has 0 aliphatic heterocycles. The molecule has 2 nitrogen and oxygen atoms in total. The number of hydrogen-bond donors (Lipinski definition) is 0. The Morgan fingerprint density at radius 3 is 1.43 bits per heavy atom. The lowest BCUT2D eigenvalue weighted by molar-refractivity contribution is 1.24. The molecule has 0 aliphatic rings. The summed E-state index contributed by atoms with van der Waals surface area (Å²) in [5, 5.41) is 3.72. The van der Waals surface area contributed by atoms with Gasteiger partial charge in [0.15, 0.2) is 5.82 Å². The van der Waals surface area contributed by atoms with Gasteiger partial charge in [0.1, 0.15) is 0 Å². The van der Waals surface area contributed by atoms with Crippen LogP contribution in [0.4, 0.5) is 0 Å². The van der Waals surface area contributed by atoms with Gasteiger partial charge >= 0.3 is 0 Å². The summed E-state index contributed by atoms with van der Waals surface area (Å²) in [5.41, 5.74) is 13.6. The smallest absolute Gasteiger partial charge is 0.160 e. The molecule has 0 atom stereocenters. The van der Waals surface area contributed by atoms with Crippen LogP contribution in [0.1, 0.15) is 0 Å². The summed E-state index contributed by atoms with van der Waals surface area (Å²) >= 11 is 3.62. The molecule has 11 rings (SSSR count). The van der Waals surface area contributed by atoms with Crippen molar-refractivity contribution >= 4 is 63.1 Å². The van der Waals surface area contributed by atoms with Crippen molar-refractivity contribution in [2.75, 3.05) is 0 Å². The fraction of sp³-hybridized carbons (Fsp3) is 0. The highest BCUT2D eigenvalue weighted by Gasteiger charge is 2.20. The first-order valence-corrected chi connectivity index (χ1v) is 20.4. The summed E-state index contributed by atoms with van der Waals surface area (Å²) in [5.74, 6) is 0.732. The second-order valence-electron chi connectivity index (χ2n) is 14.1. The zero-order chi connectivity index (χ0) is 37.0. The first-order chi connectivity index (χ1) is 27.7. The van der Waals surface area contributed by atoms with Crippen LogP contribution in [0.15, 0.2) is 194 Å². The van der Waals surface area contributed by atoms with Gasteiger partial charge in [0, 0.05) is 41.4 Å². The van der Waals surface area contributed by atoms with Crippen LogP contribution in [0, 0.1) is 0 Å². The van der Waals surface area contributed by atoms with Gasteiger partial charge in [0.05, 0.1) is 15.9 Å². The van der Waals surface area contributed by atoms with Gasteiger partial charge < -0.3 is 0 Å². The summed E-state index contributed by atoms with van der Waals surface area (Å²) in [4.78, 5) is 10.8. The second kappa shape index (κ2) is 13.5. The molecular weight excluding hydrogens is 717 g/mol. The van der Waals surface area contributed by atoms with E-state index in [9.17, 15) is 0 Å². The van der Waals surface area contributed by atoms with Gasteiger partial charge in [-0.25, -0.2) is 9.97 Å². The Morgan fingerprint density at radius 1 is 0.304 bits per heavy atom. The maximum atomic E-state index is 5.44. The first kappa shape index (κ1) is 32.7. The highest BCUT2D eigenvalue weighted by molar-refractivity contribution is 7.27. The molecule has 0 saturated carbocycles. The Morgan fingerprint density at radius 2 is 0.750 bits per heavy atom. The standard InChI is InChI=1S/C52H32N2S2/c1-3-14-33(15-4-1)39-30-40(34-16-5-2-6-17-34)32-41(31-39)37-20-11-18-35(28-37)36-19-12-21-38(29-36)52-53-48-44-23-8-10-27-47(44)56-51(48)49(54-52)45-25-13-24-43-42-22-7-9-26-46(42)55-50(43)45/h1-32H. The van der Waals surface area contributed by atoms with Gasteiger partial charge in [-0.15, -0.1) is 22.7 Å². The summed E-state index contributed by atoms with van der Waals surface area (Å²) < 4.78 is 4.89. The fourth-order valence-corrected chi connectivity index (χ4v) is 10.3. The van der Waals surface area contributed by atoms with Gasteiger partial charge in [-0.05, 0) is 87.0 Å². The maximum Gasteiger partial charge on any atom is 0.160 e. The number of hydrogen-bond acceptors (Lipinski definition) is 4. The molecule has 0 fully saturated rings. The average Bonchev–Trinajstić information content (AvgIpc) is 3.85. The molecule has 0 radical (unpaired) electrons. The summed E-state index contributed by atoms with van der Waals surface area (Å²) in [6.45, 7) is 0. The van der Waals surface area contributed by atoms with E-state index in [1.165, 1.54) is 58.3 Å². The summed E-state index contributed by atoms with van der Waals surface area (Å²) in [7, 11) is 0. The van der Waals surface area contributed by atoms with Crippen molar-refractivity contribution in [3.8, 4) is 67.2 Å². The molecule has 3 aromatic heterocycles. The Hall–Kier alpha value is -6.72. The number of thiophene rings is 2. The van der Waals surface area contributed by atoms with Crippen LogP contribution in [-0.2, 0) is 0 Å². The van der Waals surface area contributed by atoms with Crippen LogP contribution in [0.5, 0.6) is 0 Å². The van der Waals surface area contributed by atoms with Crippen LogP contribution >= 0.6 is 22.7 Å². The number of rotatable bonds is 6. The van der Waals surface area contributed by atoms with E-state index in [1.807, 2.05) is 11.3 Å². The van der Waals surface area contributed by atoms with Crippen molar-refractivity contribution < 1.29 is 0 Å². The third kappa shape index (κ3) is 5.70. The van der Waals surface area contributed by atoms with Gasteiger partial charge in [0.25, 0.3) is 0 Å². The first-order valence-electron chi connectivity index (χ1n) is 18.8. The molecular formula is C52H32N2S2. The topological polar surface area (TPSA) is 25.8 Å². The van der Waals surface area contributed by atoms with Gasteiger partial charge in [-0.1, -0.05) is 152 Å². The average molecular weight is 749 g/mol. The van der Waals surface area contributed by atoms with E-state index in [-0.39, 0.29) is 0 Å². The van der Waals surface area contributed by atoms with Crippen molar-refractivity contribution in [3.05, 3.63) is 194 Å². The van der Waals surface area contributed by atoms with Crippen molar-refractivity contribution in [2.24, 2.45) is 0 Å². The molecule has 0 spiro atoms. The lowest BCUT2D eigenvalue weighted by Gasteiger charge is -2.13. The molecule has 262 valence electrons. The monoisotopic (exact) mass is 748 g/mol. The predicted molar refractivity (Wildman–Crippen MR) is 240 cm³/mol. The van der Waals surface area contributed by atoms with E-state index in [0.717, 1.165) is 49.4 Å². The largest absolute Gasteiger partial charge is 0.226 e. The Labute approximate surface area is 332 Å². The molecule has 4 heteroatoms. The van der Waals surface area contributed by atoms with Crippen LogP contribution in [0.2, 0.25) is 0 Å². The Kier molecular flexibility index (Phi) is 7.90. The zero-order valence-electron chi connectivity index (χ0n) is 30.2. The van der Waals surface area contributed by atoms with Crippen LogP contribution in [-0.4, -0.2) is 9.97 Å². The fourth-order valence-electron chi connectivity index (χ4n) is 7.94. The molecule has 0 amide bonds. The van der Waals surface area contributed by atoms with Crippen LogP contribution < -0.4 is 0 Å². The molecule has 11 aromatic rings. The van der Waals surface area contributed by atoms with E-state index < -0.39 is 0 Å². The van der Waals surface area contributed by atoms with Crippen LogP contribution in [0.3, 0.4) is 0 Å². The number of benzene rings is 8. The SMILES string of the molecule is c1ccc(-c2cc(-c3ccccc3)cc(-c3cccc(-c4cccc(-c5nc(-c6cccc7c6sc6ccccc67)c6sc7ccccc7c6n5)c4)c3)c2)cc1. The van der Waals surface area contributed by atoms with E-state index in [4.69, 9.17) is 9.97 Å². The minimum atomic E-state index is 0.732.